The number of rotatable bonds is 3. The molecule has 0 radical (unpaired) electrons. The molecule has 2 rings (SSSR count). The normalized spacial score (nSPS) is 21.9. The van der Waals surface area contributed by atoms with Crippen molar-refractivity contribution in [3.63, 3.8) is 0 Å². The number of carboxylic acid groups (broad SMARTS) is 1. The van der Waals surface area contributed by atoms with Crippen LogP contribution in [0, 0.1) is 5.92 Å². The third-order valence-electron chi connectivity index (χ3n) is 3.18. The number of aromatic nitrogens is 1. The molecule has 1 fully saturated rings. The van der Waals surface area contributed by atoms with Crippen molar-refractivity contribution in [1.82, 2.24) is 8.87 Å². The van der Waals surface area contributed by atoms with Gasteiger partial charge in [0.25, 0.3) is 0 Å². The Balaban J connectivity index is 2.22. The maximum atomic E-state index is 12.3. The van der Waals surface area contributed by atoms with Gasteiger partial charge in [-0.3, -0.25) is 4.79 Å². The molecule has 18 heavy (non-hydrogen) atoms. The summed E-state index contributed by atoms with van der Waals surface area (Å²) in [5.41, 5.74) is 0. The second-order valence-corrected chi connectivity index (χ2v) is 6.49. The van der Waals surface area contributed by atoms with Gasteiger partial charge in [0.15, 0.2) is 0 Å². The zero-order valence-electron chi connectivity index (χ0n) is 10.1. The number of sulfonamides is 1. The Morgan fingerprint density at radius 3 is 2.78 bits per heavy atom. The van der Waals surface area contributed by atoms with E-state index in [9.17, 15) is 13.2 Å². The van der Waals surface area contributed by atoms with Crippen molar-refractivity contribution in [3.8, 4) is 0 Å². The number of aryl methyl sites for hydroxylation is 1. The first kappa shape index (κ1) is 13.1. The molecule has 1 atom stereocenters. The first-order chi connectivity index (χ1) is 8.41. The fourth-order valence-electron chi connectivity index (χ4n) is 2.14. The molecule has 0 aromatic carbocycles. The Morgan fingerprint density at radius 1 is 1.50 bits per heavy atom. The second-order valence-electron chi connectivity index (χ2n) is 4.55. The van der Waals surface area contributed by atoms with Crippen LogP contribution in [0.15, 0.2) is 23.4 Å². The Hall–Kier alpha value is -1.34. The molecule has 0 unspecified atom stereocenters. The maximum absolute atomic E-state index is 12.3. The summed E-state index contributed by atoms with van der Waals surface area (Å²) in [5, 5.41) is 8.97. The minimum atomic E-state index is -3.56. The van der Waals surface area contributed by atoms with Gasteiger partial charge in [-0.25, -0.2) is 8.42 Å². The van der Waals surface area contributed by atoms with Crippen LogP contribution in [0.5, 0.6) is 0 Å². The van der Waals surface area contributed by atoms with Crippen LogP contribution in [0.1, 0.15) is 12.8 Å². The number of aliphatic carboxylic acids is 1. The van der Waals surface area contributed by atoms with Gasteiger partial charge in [-0.1, -0.05) is 0 Å². The van der Waals surface area contributed by atoms with E-state index in [2.05, 4.69) is 0 Å². The molecule has 2 heterocycles. The SMILES string of the molecule is Cn1ccc(S(=O)(=O)N2CCC[C@@H](C(=O)O)C2)c1. The highest BCUT2D eigenvalue weighted by molar-refractivity contribution is 7.89. The summed E-state index contributed by atoms with van der Waals surface area (Å²) in [4.78, 5) is 11.2. The zero-order chi connectivity index (χ0) is 13.3. The van der Waals surface area contributed by atoms with Gasteiger partial charge in [-0.2, -0.15) is 4.31 Å². The standard InChI is InChI=1S/C11H16N2O4S/c1-12-6-4-10(8-12)18(16,17)13-5-2-3-9(7-13)11(14)15/h4,6,8-9H,2-3,5,7H2,1H3,(H,14,15)/t9-/m1/s1. The van der Waals surface area contributed by atoms with Crippen LogP contribution in [0.25, 0.3) is 0 Å². The highest BCUT2D eigenvalue weighted by Gasteiger charge is 2.33. The molecule has 1 aliphatic heterocycles. The van der Waals surface area contributed by atoms with Crippen LogP contribution in [0.2, 0.25) is 0 Å². The number of carboxylic acids is 1. The molecule has 1 aromatic rings. The van der Waals surface area contributed by atoms with Crippen molar-refractivity contribution < 1.29 is 18.3 Å². The molecule has 100 valence electrons. The van der Waals surface area contributed by atoms with Gasteiger partial charge in [0.05, 0.1) is 10.8 Å². The van der Waals surface area contributed by atoms with Gasteiger partial charge in [0.1, 0.15) is 0 Å². The van der Waals surface area contributed by atoms with E-state index in [1.807, 2.05) is 0 Å². The van der Waals surface area contributed by atoms with Crippen molar-refractivity contribution in [2.75, 3.05) is 13.1 Å². The Morgan fingerprint density at radius 2 is 2.22 bits per heavy atom. The molecule has 1 aliphatic rings. The molecule has 0 aliphatic carbocycles. The molecule has 0 bridgehead atoms. The molecule has 1 saturated heterocycles. The largest absolute Gasteiger partial charge is 0.481 e. The molecule has 0 amide bonds. The monoisotopic (exact) mass is 272 g/mol. The van der Waals surface area contributed by atoms with Crippen LogP contribution in [-0.4, -0.2) is 41.5 Å². The van der Waals surface area contributed by atoms with Crippen LogP contribution < -0.4 is 0 Å². The molecular weight excluding hydrogens is 256 g/mol. The van der Waals surface area contributed by atoms with E-state index in [4.69, 9.17) is 5.11 Å². The third-order valence-corrected chi connectivity index (χ3v) is 5.02. The van der Waals surface area contributed by atoms with Gasteiger partial charge in [-0.05, 0) is 18.9 Å². The number of hydrogen-bond acceptors (Lipinski definition) is 3. The lowest BCUT2D eigenvalue weighted by molar-refractivity contribution is -0.142. The molecule has 1 N–H and O–H groups in total. The molecule has 6 nitrogen and oxygen atoms in total. The Kier molecular flexibility index (Phi) is 3.45. The average Bonchev–Trinajstić information content (AvgIpc) is 2.77. The molecule has 1 aromatic heterocycles. The van der Waals surface area contributed by atoms with Gasteiger partial charge >= 0.3 is 5.97 Å². The zero-order valence-corrected chi connectivity index (χ0v) is 10.9. The summed E-state index contributed by atoms with van der Waals surface area (Å²) in [7, 11) is -1.81. The molecule has 0 saturated carbocycles. The highest BCUT2D eigenvalue weighted by Crippen LogP contribution is 2.23. The number of hydrogen-bond donors (Lipinski definition) is 1. The smallest absolute Gasteiger partial charge is 0.307 e. The van der Waals surface area contributed by atoms with Crippen molar-refractivity contribution in [1.29, 1.82) is 0 Å². The van der Waals surface area contributed by atoms with E-state index in [0.29, 0.717) is 19.4 Å². The third kappa shape index (κ3) is 2.41. The van der Waals surface area contributed by atoms with E-state index >= 15 is 0 Å². The minimum absolute atomic E-state index is 0.0621. The number of nitrogens with zero attached hydrogens (tertiary/aromatic N) is 2. The van der Waals surface area contributed by atoms with Crippen LogP contribution in [0.3, 0.4) is 0 Å². The summed E-state index contributed by atoms with van der Waals surface area (Å²) < 4.78 is 27.5. The highest BCUT2D eigenvalue weighted by atomic mass is 32.2. The second kappa shape index (κ2) is 4.74. The molecule has 0 spiro atoms. The Bertz CT molecular complexity index is 549. The van der Waals surface area contributed by atoms with Gasteiger partial charge in [0, 0.05) is 32.5 Å². The lowest BCUT2D eigenvalue weighted by Crippen LogP contribution is -2.42. The van der Waals surface area contributed by atoms with Crippen molar-refractivity contribution >= 4 is 16.0 Å². The topological polar surface area (TPSA) is 79.6 Å². The fourth-order valence-corrected chi connectivity index (χ4v) is 3.72. The minimum Gasteiger partial charge on any atom is -0.481 e. The quantitative estimate of drug-likeness (QED) is 0.869. The number of carbonyl (C=O) groups is 1. The number of piperidine rings is 1. The summed E-state index contributed by atoms with van der Waals surface area (Å²) >= 11 is 0. The van der Waals surface area contributed by atoms with E-state index in [-0.39, 0.29) is 11.4 Å². The lowest BCUT2D eigenvalue weighted by atomic mass is 10.0. The summed E-state index contributed by atoms with van der Waals surface area (Å²) in [6, 6.07) is 1.53. The predicted molar refractivity (Wildman–Crippen MR) is 64.5 cm³/mol. The first-order valence-electron chi connectivity index (χ1n) is 5.76. The maximum Gasteiger partial charge on any atom is 0.307 e. The van der Waals surface area contributed by atoms with E-state index in [1.165, 1.54) is 16.6 Å². The van der Waals surface area contributed by atoms with Crippen LogP contribution in [-0.2, 0) is 21.9 Å². The van der Waals surface area contributed by atoms with E-state index < -0.39 is 21.9 Å². The molecular formula is C11H16N2O4S. The van der Waals surface area contributed by atoms with E-state index in [1.54, 1.807) is 17.8 Å². The van der Waals surface area contributed by atoms with E-state index in [0.717, 1.165) is 0 Å². The van der Waals surface area contributed by atoms with Gasteiger partial charge in [0.2, 0.25) is 10.0 Å². The van der Waals surface area contributed by atoms with Crippen molar-refractivity contribution in [3.05, 3.63) is 18.5 Å². The van der Waals surface area contributed by atoms with Crippen LogP contribution in [0.4, 0.5) is 0 Å². The summed E-state index contributed by atoms with van der Waals surface area (Å²) in [6.07, 6.45) is 4.31. The van der Waals surface area contributed by atoms with Gasteiger partial charge < -0.3 is 9.67 Å². The summed E-state index contributed by atoms with van der Waals surface area (Å²) in [5.74, 6) is -1.53. The predicted octanol–water partition coefficient (Wildman–Crippen LogP) is 0.510. The van der Waals surface area contributed by atoms with Crippen LogP contribution >= 0.6 is 0 Å². The lowest BCUT2D eigenvalue weighted by Gasteiger charge is -2.29. The van der Waals surface area contributed by atoms with Crippen molar-refractivity contribution in [2.45, 2.75) is 17.7 Å². The molecule has 7 heteroatoms. The summed E-state index contributed by atoms with van der Waals surface area (Å²) in [6.45, 7) is 0.452. The van der Waals surface area contributed by atoms with Crippen molar-refractivity contribution in [2.24, 2.45) is 13.0 Å². The first-order valence-corrected chi connectivity index (χ1v) is 7.20. The Labute approximate surface area is 106 Å². The van der Waals surface area contributed by atoms with Gasteiger partial charge in [-0.15, -0.1) is 0 Å². The fraction of sp³-hybridized carbons (Fsp3) is 0.545. The average molecular weight is 272 g/mol.